The van der Waals surface area contributed by atoms with Crippen molar-refractivity contribution < 1.29 is 9.84 Å². The molecule has 1 unspecified atom stereocenters. The van der Waals surface area contributed by atoms with E-state index in [0.717, 1.165) is 19.4 Å². The number of hydrogen-bond acceptors (Lipinski definition) is 5. The van der Waals surface area contributed by atoms with E-state index in [4.69, 9.17) is 21.4 Å². The van der Waals surface area contributed by atoms with Gasteiger partial charge in [0.05, 0.1) is 6.10 Å². The van der Waals surface area contributed by atoms with Gasteiger partial charge in [0.1, 0.15) is 17.6 Å². The first-order valence-electron chi connectivity index (χ1n) is 5.56. The predicted molar refractivity (Wildman–Crippen MR) is 67.2 cm³/mol. The summed E-state index contributed by atoms with van der Waals surface area (Å²) in [6.07, 6.45) is 1.37. The molecule has 1 aromatic heterocycles. The number of methoxy groups -OCH3 is 1. The summed E-state index contributed by atoms with van der Waals surface area (Å²) in [5, 5.41) is 12.6. The van der Waals surface area contributed by atoms with Crippen LogP contribution in [0.5, 0.6) is 0 Å². The smallest absolute Gasteiger partial charge is 0.158 e. The summed E-state index contributed by atoms with van der Waals surface area (Å²) in [4.78, 5) is 8.28. The number of rotatable bonds is 7. The molecule has 0 aromatic carbocycles. The van der Waals surface area contributed by atoms with Gasteiger partial charge in [0.2, 0.25) is 0 Å². The third kappa shape index (κ3) is 5.81. The average Bonchev–Trinajstić information content (AvgIpc) is 2.24. The Kier molecular flexibility index (Phi) is 6.18. The van der Waals surface area contributed by atoms with Crippen LogP contribution in [-0.2, 0) is 11.3 Å². The molecule has 0 amide bonds. The van der Waals surface area contributed by atoms with Crippen molar-refractivity contribution in [1.29, 1.82) is 0 Å². The van der Waals surface area contributed by atoms with E-state index < -0.39 is 0 Å². The lowest BCUT2D eigenvalue weighted by atomic mass is 10.2. The molecule has 0 radical (unpaired) electrons. The quantitative estimate of drug-likeness (QED) is 0.578. The van der Waals surface area contributed by atoms with Gasteiger partial charge in [0.15, 0.2) is 5.82 Å². The summed E-state index contributed by atoms with van der Waals surface area (Å²) in [6.45, 7) is 2.85. The maximum Gasteiger partial charge on any atom is 0.158 e. The number of nitrogens with zero attached hydrogens (tertiary/aromatic N) is 2. The maximum atomic E-state index is 9.12. The largest absolute Gasteiger partial charge is 0.393 e. The summed E-state index contributed by atoms with van der Waals surface area (Å²) in [5.74, 6) is 1.24. The van der Waals surface area contributed by atoms with Crippen molar-refractivity contribution in [3.8, 4) is 0 Å². The zero-order valence-electron chi connectivity index (χ0n) is 10.1. The first-order valence-corrected chi connectivity index (χ1v) is 5.94. The van der Waals surface area contributed by atoms with E-state index in [1.54, 1.807) is 20.1 Å². The van der Waals surface area contributed by atoms with Gasteiger partial charge in [0, 0.05) is 19.7 Å². The fourth-order valence-electron chi connectivity index (χ4n) is 1.36. The molecule has 0 spiro atoms. The highest BCUT2D eigenvalue weighted by Crippen LogP contribution is 2.12. The highest BCUT2D eigenvalue weighted by Gasteiger charge is 2.03. The molecule has 1 rings (SSSR count). The van der Waals surface area contributed by atoms with Crippen molar-refractivity contribution in [3.05, 3.63) is 17.0 Å². The van der Waals surface area contributed by atoms with Gasteiger partial charge in [-0.2, -0.15) is 0 Å². The highest BCUT2D eigenvalue weighted by molar-refractivity contribution is 6.29. The van der Waals surface area contributed by atoms with E-state index in [0.29, 0.717) is 23.4 Å². The summed E-state index contributed by atoms with van der Waals surface area (Å²) < 4.78 is 4.95. The molecule has 5 nitrogen and oxygen atoms in total. The molecule has 0 fully saturated rings. The molecule has 1 atom stereocenters. The Bertz CT molecular complexity index is 347. The summed E-state index contributed by atoms with van der Waals surface area (Å²) in [6, 6.07) is 1.67. The van der Waals surface area contributed by atoms with Crippen LogP contribution >= 0.6 is 11.6 Å². The van der Waals surface area contributed by atoms with Crippen molar-refractivity contribution >= 4 is 17.4 Å². The Morgan fingerprint density at radius 2 is 2.29 bits per heavy atom. The molecule has 0 aliphatic heterocycles. The Labute approximate surface area is 106 Å². The Morgan fingerprint density at radius 1 is 1.53 bits per heavy atom. The minimum absolute atomic E-state index is 0.269. The molecular weight excluding hydrogens is 242 g/mol. The van der Waals surface area contributed by atoms with Gasteiger partial charge in [0.25, 0.3) is 0 Å². The van der Waals surface area contributed by atoms with Gasteiger partial charge < -0.3 is 15.2 Å². The first-order chi connectivity index (χ1) is 8.11. The predicted octanol–water partition coefficient (Wildman–Crippen LogP) is 1.85. The minimum atomic E-state index is -0.269. The molecular formula is C11H18ClN3O2. The van der Waals surface area contributed by atoms with Crippen LogP contribution in [0.3, 0.4) is 0 Å². The Morgan fingerprint density at radius 3 is 2.94 bits per heavy atom. The van der Waals surface area contributed by atoms with E-state index in [-0.39, 0.29) is 6.10 Å². The lowest BCUT2D eigenvalue weighted by molar-refractivity contribution is 0.178. The van der Waals surface area contributed by atoms with Crippen molar-refractivity contribution in [2.24, 2.45) is 0 Å². The zero-order chi connectivity index (χ0) is 12.7. The summed E-state index contributed by atoms with van der Waals surface area (Å²) >= 11 is 5.86. The summed E-state index contributed by atoms with van der Waals surface area (Å²) in [5.41, 5.74) is 0. The van der Waals surface area contributed by atoms with E-state index >= 15 is 0 Å². The van der Waals surface area contributed by atoms with Crippen molar-refractivity contribution in [2.75, 3.05) is 19.0 Å². The normalized spacial score (nSPS) is 12.5. The third-order valence-electron chi connectivity index (χ3n) is 2.12. The molecule has 17 heavy (non-hydrogen) atoms. The van der Waals surface area contributed by atoms with Crippen LogP contribution in [0.4, 0.5) is 5.82 Å². The molecule has 0 aliphatic carbocycles. The minimum Gasteiger partial charge on any atom is -0.393 e. The van der Waals surface area contributed by atoms with Crippen LogP contribution in [0.1, 0.15) is 25.6 Å². The van der Waals surface area contributed by atoms with Crippen LogP contribution in [-0.4, -0.2) is 34.8 Å². The highest BCUT2D eigenvalue weighted by atomic mass is 35.5. The molecule has 0 aliphatic rings. The zero-order valence-corrected chi connectivity index (χ0v) is 10.9. The number of aliphatic hydroxyl groups excluding tert-OH is 1. The second-order valence-corrected chi connectivity index (χ2v) is 4.23. The fraction of sp³-hybridized carbons (Fsp3) is 0.636. The number of anilines is 1. The number of ether oxygens (including phenoxy) is 1. The SMILES string of the molecule is COCc1nc(Cl)cc(NCCCC(C)O)n1. The van der Waals surface area contributed by atoms with Crippen LogP contribution in [0.15, 0.2) is 6.07 Å². The standard InChI is InChI=1S/C11H18ClN3O2/c1-8(16)4-3-5-13-10-6-9(12)14-11(15-10)7-17-2/h6,8,16H,3-5,7H2,1-2H3,(H,13,14,15). The van der Waals surface area contributed by atoms with E-state index in [1.165, 1.54) is 0 Å². The molecule has 2 N–H and O–H groups in total. The van der Waals surface area contributed by atoms with E-state index in [1.807, 2.05) is 0 Å². The fourth-order valence-corrected chi connectivity index (χ4v) is 1.56. The molecule has 0 saturated carbocycles. The van der Waals surface area contributed by atoms with Crippen molar-refractivity contribution in [1.82, 2.24) is 9.97 Å². The molecule has 1 heterocycles. The monoisotopic (exact) mass is 259 g/mol. The number of aromatic nitrogens is 2. The Hall–Kier alpha value is -0.910. The summed E-state index contributed by atoms with van der Waals surface area (Å²) in [7, 11) is 1.58. The molecule has 0 bridgehead atoms. The first kappa shape index (κ1) is 14.2. The van der Waals surface area contributed by atoms with Gasteiger partial charge in [-0.1, -0.05) is 11.6 Å². The van der Waals surface area contributed by atoms with Gasteiger partial charge in [-0.05, 0) is 19.8 Å². The number of nitrogens with one attached hydrogen (secondary N) is 1. The Balaban J connectivity index is 2.46. The average molecular weight is 260 g/mol. The number of hydrogen-bond donors (Lipinski definition) is 2. The van der Waals surface area contributed by atoms with Crippen LogP contribution in [0.2, 0.25) is 5.15 Å². The number of aliphatic hydroxyl groups is 1. The lowest BCUT2D eigenvalue weighted by Crippen LogP contribution is -2.09. The van der Waals surface area contributed by atoms with Gasteiger partial charge >= 0.3 is 0 Å². The second-order valence-electron chi connectivity index (χ2n) is 3.84. The van der Waals surface area contributed by atoms with E-state index in [2.05, 4.69) is 15.3 Å². The lowest BCUT2D eigenvalue weighted by Gasteiger charge is -2.08. The maximum absolute atomic E-state index is 9.12. The van der Waals surface area contributed by atoms with Crippen LogP contribution < -0.4 is 5.32 Å². The molecule has 96 valence electrons. The van der Waals surface area contributed by atoms with E-state index in [9.17, 15) is 0 Å². The number of halogens is 1. The van der Waals surface area contributed by atoms with Gasteiger partial charge in [-0.15, -0.1) is 0 Å². The third-order valence-corrected chi connectivity index (χ3v) is 2.31. The van der Waals surface area contributed by atoms with Crippen LogP contribution in [0.25, 0.3) is 0 Å². The van der Waals surface area contributed by atoms with Crippen molar-refractivity contribution in [2.45, 2.75) is 32.5 Å². The van der Waals surface area contributed by atoms with Gasteiger partial charge in [-0.3, -0.25) is 0 Å². The second kappa shape index (κ2) is 7.42. The van der Waals surface area contributed by atoms with Gasteiger partial charge in [-0.25, -0.2) is 9.97 Å². The molecule has 6 heteroatoms. The van der Waals surface area contributed by atoms with Crippen molar-refractivity contribution in [3.63, 3.8) is 0 Å². The molecule has 1 aromatic rings. The topological polar surface area (TPSA) is 67.3 Å². The van der Waals surface area contributed by atoms with Crippen LogP contribution in [0, 0.1) is 0 Å². The molecule has 0 saturated heterocycles.